The Morgan fingerprint density at radius 1 is 0.938 bits per heavy atom. The normalized spacial score (nSPS) is 11.8. The van der Waals surface area contributed by atoms with Gasteiger partial charge in [0.15, 0.2) is 11.6 Å². The Bertz CT molecular complexity index is 403. The lowest BCUT2D eigenvalue weighted by molar-refractivity contribution is -0.101. The van der Waals surface area contributed by atoms with Crippen LogP contribution in [-0.4, -0.2) is 5.57 Å². The molecule has 9 heteroatoms. The van der Waals surface area contributed by atoms with Crippen LogP contribution in [0.5, 0.6) is 5.75 Å². The summed E-state index contributed by atoms with van der Waals surface area (Å²) in [5.74, 6) is -9.99. The van der Waals surface area contributed by atoms with Crippen LogP contribution in [0.25, 0.3) is 0 Å². The highest BCUT2D eigenvalue weighted by atomic mass is 79.9. The molecule has 0 aliphatic rings. The quantitative estimate of drug-likeness (QED) is 0.342. The molecule has 1 aromatic rings. The standard InChI is InChI=1S/C7BrClF6O/c8-1-2(10)4(12)6(5(13)3(1)11)16-7(9,14)15. The zero-order valence-corrected chi connectivity index (χ0v) is 9.27. The van der Waals surface area contributed by atoms with Crippen molar-refractivity contribution in [3.8, 4) is 5.75 Å². The van der Waals surface area contributed by atoms with E-state index in [9.17, 15) is 26.3 Å². The third-order valence-corrected chi connectivity index (χ3v) is 2.16. The van der Waals surface area contributed by atoms with E-state index in [1.54, 1.807) is 0 Å². The number of benzene rings is 1. The number of alkyl halides is 3. The van der Waals surface area contributed by atoms with Crippen molar-refractivity contribution >= 4 is 27.5 Å². The molecule has 0 saturated heterocycles. The third kappa shape index (κ3) is 2.54. The van der Waals surface area contributed by atoms with Gasteiger partial charge in [-0.2, -0.15) is 8.78 Å². The van der Waals surface area contributed by atoms with Gasteiger partial charge in [-0.05, 0) is 15.9 Å². The molecule has 1 rings (SSSR count). The summed E-state index contributed by atoms with van der Waals surface area (Å²) < 4.78 is 77.7. The van der Waals surface area contributed by atoms with Crippen LogP contribution in [0.1, 0.15) is 0 Å². The maximum absolute atomic E-state index is 12.9. The maximum atomic E-state index is 12.9. The number of ether oxygens (including phenoxy) is 1. The zero-order chi connectivity index (χ0) is 12.7. The molecule has 0 spiro atoms. The summed E-state index contributed by atoms with van der Waals surface area (Å²) in [6.07, 6.45) is 0. The SMILES string of the molecule is Fc1c(F)c(OC(F)(F)Cl)c(F)c(F)c1Br. The van der Waals surface area contributed by atoms with Crippen molar-refractivity contribution in [2.75, 3.05) is 0 Å². The molecule has 1 aromatic carbocycles. The second kappa shape index (κ2) is 4.33. The average Bonchev–Trinajstić information content (AvgIpc) is 2.17. The van der Waals surface area contributed by atoms with Gasteiger partial charge >= 0.3 is 5.57 Å². The molecule has 0 amide bonds. The van der Waals surface area contributed by atoms with Gasteiger partial charge in [-0.15, -0.1) is 8.78 Å². The fourth-order valence-corrected chi connectivity index (χ4v) is 1.22. The lowest BCUT2D eigenvalue weighted by atomic mass is 10.3. The monoisotopic (exact) mass is 328 g/mol. The molecule has 0 bridgehead atoms. The molecule has 0 N–H and O–H groups in total. The Kier molecular flexibility index (Phi) is 3.63. The Labute approximate surface area is 98.1 Å². The summed E-state index contributed by atoms with van der Waals surface area (Å²) in [6, 6.07) is 0. The summed E-state index contributed by atoms with van der Waals surface area (Å²) >= 11 is 6.40. The van der Waals surface area contributed by atoms with E-state index in [0.29, 0.717) is 0 Å². The number of halogens is 8. The summed E-state index contributed by atoms with van der Waals surface area (Å²) in [5.41, 5.74) is -4.49. The summed E-state index contributed by atoms with van der Waals surface area (Å²) in [6.45, 7) is 0. The second-order valence-corrected chi connectivity index (χ2v) is 3.68. The van der Waals surface area contributed by atoms with E-state index in [2.05, 4.69) is 32.3 Å². The molecule has 0 aromatic heterocycles. The molecule has 0 unspecified atom stereocenters. The van der Waals surface area contributed by atoms with Gasteiger partial charge in [0.2, 0.25) is 17.4 Å². The summed E-state index contributed by atoms with van der Waals surface area (Å²) in [4.78, 5) is 0. The van der Waals surface area contributed by atoms with Gasteiger partial charge in [0.25, 0.3) is 0 Å². The van der Waals surface area contributed by atoms with Crippen molar-refractivity contribution in [3.63, 3.8) is 0 Å². The van der Waals surface area contributed by atoms with Crippen molar-refractivity contribution < 1.29 is 31.1 Å². The first-order valence-corrected chi connectivity index (χ1v) is 4.59. The van der Waals surface area contributed by atoms with E-state index in [4.69, 9.17) is 0 Å². The van der Waals surface area contributed by atoms with Crippen LogP contribution in [0.2, 0.25) is 0 Å². The highest BCUT2D eigenvalue weighted by Gasteiger charge is 2.34. The highest BCUT2D eigenvalue weighted by molar-refractivity contribution is 9.10. The predicted octanol–water partition coefficient (Wildman–Crippen LogP) is 4.17. The van der Waals surface area contributed by atoms with Gasteiger partial charge in [0.05, 0.1) is 4.47 Å². The van der Waals surface area contributed by atoms with Crippen LogP contribution in [0.4, 0.5) is 26.3 Å². The first-order valence-electron chi connectivity index (χ1n) is 3.42. The van der Waals surface area contributed by atoms with Gasteiger partial charge in [-0.25, -0.2) is 8.78 Å². The van der Waals surface area contributed by atoms with Crippen LogP contribution in [0.15, 0.2) is 4.47 Å². The molecule has 0 heterocycles. The molecule has 0 saturated carbocycles. The molecule has 0 radical (unpaired) electrons. The largest absolute Gasteiger partial charge is 0.487 e. The van der Waals surface area contributed by atoms with E-state index in [0.717, 1.165) is 0 Å². The average molecular weight is 329 g/mol. The van der Waals surface area contributed by atoms with Crippen molar-refractivity contribution in [2.24, 2.45) is 0 Å². The molecule has 0 aliphatic carbocycles. The minimum atomic E-state index is -4.49. The van der Waals surface area contributed by atoms with E-state index in [1.807, 2.05) is 0 Å². The summed E-state index contributed by atoms with van der Waals surface area (Å²) in [5, 5.41) is 0. The van der Waals surface area contributed by atoms with E-state index in [-0.39, 0.29) is 0 Å². The van der Waals surface area contributed by atoms with Crippen molar-refractivity contribution in [2.45, 2.75) is 5.57 Å². The smallest absolute Gasteiger partial charge is 0.413 e. The van der Waals surface area contributed by atoms with Gasteiger partial charge in [-0.3, -0.25) is 0 Å². The van der Waals surface area contributed by atoms with Crippen LogP contribution in [0, 0.1) is 23.3 Å². The minimum absolute atomic E-state index is 1.17. The first-order chi connectivity index (χ1) is 7.15. The second-order valence-electron chi connectivity index (χ2n) is 2.45. The number of rotatable bonds is 2. The maximum Gasteiger partial charge on any atom is 0.487 e. The predicted molar refractivity (Wildman–Crippen MR) is 45.4 cm³/mol. The van der Waals surface area contributed by atoms with Crippen LogP contribution in [-0.2, 0) is 0 Å². The molecule has 0 aliphatic heterocycles. The van der Waals surface area contributed by atoms with Crippen LogP contribution >= 0.6 is 27.5 Å². The van der Waals surface area contributed by atoms with E-state index >= 15 is 0 Å². The number of hydrogen-bond acceptors (Lipinski definition) is 1. The van der Waals surface area contributed by atoms with E-state index < -0.39 is 39.1 Å². The zero-order valence-electron chi connectivity index (χ0n) is 6.93. The van der Waals surface area contributed by atoms with Crippen molar-refractivity contribution in [1.82, 2.24) is 0 Å². The molecule has 0 fully saturated rings. The molecule has 1 nitrogen and oxygen atoms in total. The van der Waals surface area contributed by atoms with Crippen LogP contribution in [0.3, 0.4) is 0 Å². The highest BCUT2D eigenvalue weighted by Crippen LogP contribution is 2.36. The summed E-state index contributed by atoms with van der Waals surface area (Å²) in [7, 11) is 0. The third-order valence-electron chi connectivity index (χ3n) is 1.39. The van der Waals surface area contributed by atoms with Crippen molar-refractivity contribution in [1.29, 1.82) is 0 Å². The first kappa shape index (κ1) is 13.4. The van der Waals surface area contributed by atoms with Crippen LogP contribution < -0.4 is 4.74 Å². The molecule has 0 atom stereocenters. The molecular weight excluding hydrogens is 329 g/mol. The minimum Gasteiger partial charge on any atom is -0.413 e. The lowest BCUT2D eigenvalue weighted by Gasteiger charge is -2.13. The molecule has 16 heavy (non-hydrogen) atoms. The Balaban J connectivity index is 3.40. The Morgan fingerprint density at radius 3 is 1.62 bits per heavy atom. The fourth-order valence-electron chi connectivity index (χ4n) is 0.790. The topological polar surface area (TPSA) is 9.23 Å². The Hall–Kier alpha value is -0.630. The van der Waals surface area contributed by atoms with E-state index in [1.165, 1.54) is 0 Å². The lowest BCUT2D eigenvalue weighted by Crippen LogP contribution is -2.18. The van der Waals surface area contributed by atoms with Crippen molar-refractivity contribution in [3.05, 3.63) is 27.7 Å². The fraction of sp³-hybridized carbons (Fsp3) is 0.143. The molecule has 90 valence electrons. The van der Waals surface area contributed by atoms with Gasteiger partial charge in [0.1, 0.15) is 0 Å². The van der Waals surface area contributed by atoms with Gasteiger partial charge < -0.3 is 4.74 Å². The Morgan fingerprint density at radius 2 is 1.31 bits per heavy atom. The molecular formula is C7BrClF6O. The van der Waals surface area contributed by atoms with Gasteiger partial charge in [0, 0.05) is 11.6 Å². The van der Waals surface area contributed by atoms with Gasteiger partial charge in [-0.1, -0.05) is 0 Å². The number of hydrogen-bond donors (Lipinski definition) is 0.